The molecule has 1 amide bonds. The van der Waals surface area contributed by atoms with E-state index >= 15 is 0 Å². The van der Waals surface area contributed by atoms with Crippen molar-refractivity contribution >= 4 is 22.4 Å². The maximum atomic E-state index is 13.0. The minimum atomic E-state index is 0.0967. The summed E-state index contributed by atoms with van der Waals surface area (Å²) in [5, 5.41) is 3.03. The molecule has 0 atom stereocenters. The second-order valence-electron chi connectivity index (χ2n) is 7.50. The standard InChI is InChI=1S/C21H27N3O3S/c1-15-5-7-23(8-6-15)20(25)16-3-4-19(26-2)17(13-16)18-14-28-21(22-18)24-9-11-27-12-10-24/h3-4,13-15H,5-12H2,1-2H3. The summed E-state index contributed by atoms with van der Waals surface area (Å²) in [5.41, 5.74) is 2.42. The Morgan fingerprint density at radius 2 is 1.96 bits per heavy atom. The van der Waals surface area contributed by atoms with E-state index in [0.29, 0.717) is 11.5 Å². The minimum absolute atomic E-state index is 0.0967. The molecule has 0 radical (unpaired) electrons. The van der Waals surface area contributed by atoms with Gasteiger partial charge in [0.2, 0.25) is 0 Å². The van der Waals surface area contributed by atoms with E-state index in [1.54, 1.807) is 18.4 Å². The van der Waals surface area contributed by atoms with Crippen molar-refractivity contribution in [2.45, 2.75) is 19.8 Å². The predicted molar refractivity (Wildman–Crippen MR) is 111 cm³/mol. The fourth-order valence-electron chi connectivity index (χ4n) is 3.72. The van der Waals surface area contributed by atoms with Crippen LogP contribution in [0.1, 0.15) is 30.1 Å². The number of likely N-dealkylation sites (tertiary alicyclic amines) is 1. The highest BCUT2D eigenvalue weighted by molar-refractivity contribution is 7.14. The van der Waals surface area contributed by atoms with Gasteiger partial charge in [0.05, 0.1) is 26.0 Å². The molecule has 0 N–H and O–H groups in total. The van der Waals surface area contributed by atoms with Crippen molar-refractivity contribution in [1.82, 2.24) is 9.88 Å². The molecule has 0 aliphatic carbocycles. The van der Waals surface area contributed by atoms with Gasteiger partial charge in [-0.1, -0.05) is 6.92 Å². The van der Waals surface area contributed by atoms with Crippen LogP contribution < -0.4 is 9.64 Å². The van der Waals surface area contributed by atoms with Crippen LogP contribution in [0.25, 0.3) is 11.3 Å². The highest BCUT2D eigenvalue weighted by Crippen LogP contribution is 2.35. The number of amides is 1. The minimum Gasteiger partial charge on any atom is -0.496 e. The SMILES string of the molecule is COc1ccc(C(=O)N2CCC(C)CC2)cc1-c1csc(N2CCOCC2)n1. The van der Waals surface area contributed by atoms with E-state index in [1.165, 1.54) is 0 Å². The summed E-state index contributed by atoms with van der Waals surface area (Å²) in [5.74, 6) is 1.53. The Morgan fingerprint density at radius 3 is 2.68 bits per heavy atom. The zero-order chi connectivity index (χ0) is 19.5. The van der Waals surface area contributed by atoms with Crippen LogP contribution in [0.15, 0.2) is 23.6 Å². The van der Waals surface area contributed by atoms with Crippen molar-refractivity contribution in [1.29, 1.82) is 0 Å². The molecular weight excluding hydrogens is 374 g/mol. The lowest BCUT2D eigenvalue weighted by Gasteiger charge is -2.30. The maximum Gasteiger partial charge on any atom is 0.253 e. The number of morpholine rings is 1. The van der Waals surface area contributed by atoms with Crippen LogP contribution in [0.4, 0.5) is 5.13 Å². The van der Waals surface area contributed by atoms with Crippen LogP contribution in [0.2, 0.25) is 0 Å². The van der Waals surface area contributed by atoms with Crippen LogP contribution in [0.5, 0.6) is 5.75 Å². The summed E-state index contributed by atoms with van der Waals surface area (Å²) in [6, 6.07) is 5.66. The second-order valence-corrected chi connectivity index (χ2v) is 8.34. The van der Waals surface area contributed by atoms with E-state index in [9.17, 15) is 4.79 Å². The molecule has 6 nitrogen and oxygen atoms in total. The fraction of sp³-hybridized carbons (Fsp3) is 0.524. The Morgan fingerprint density at radius 1 is 1.21 bits per heavy atom. The number of benzene rings is 1. The van der Waals surface area contributed by atoms with E-state index in [2.05, 4.69) is 11.8 Å². The number of ether oxygens (including phenoxy) is 2. The van der Waals surface area contributed by atoms with Gasteiger partial charge in [-0.3, -0.25) is 4.79 Å². The molecule has 2 aliphatic heterocycles. The predicted octanol–water partition coefficient (Wildman–Crippen LogP) is 3.53. The number of nitrogens with zero attached hydrogens (tertiary/aromatic N) is 3. The normalized spacial score (nSPS) is 18.4. The van der Waals surface area contributed by atoms with Gasteiger partial charge in [0.25, 0.3) is 5.91 Å². The smallest absolute Gasteiger partial charge is 0.253 e. The molecule has 1 aromatic carbocycles. The first kappa shape index (κ1) is 19.2. The number of carbonyl (C=O) groups excluding carboxylic acids is 1. The average molecular weight is 402 g/mol. The Labute approximate surface area is 170 Å². The number of anilines is 1. The van der Waals surface area contributed by atoms with Gasteiger partial charge in [-0.05, 0) is 37.0 Å². The molecule has 0 saturated carbocycles. The number of thiazole rings is 1. The quantitative estimate of drug-likeness (QED) is 0.785. The third-order valence-corrected chi connectivity index (χ3v) is 6.47. The van der Waals surface area contributed by atoms with Crippen LogP contribution in [-0.4, -0.2) is 62.3 Å². The second kappa shape index (κ2) is 8.49. The van der Waals surface area contributed by atoms with Gasteiger partial charge in [0.1, 0.15) is 5.75 Å². The first-order chi connectivity index (χ1) is 13.7. The van der Waals surface area contributed by atoms with E-state index in [0.717, 1.165) is 74.4 Å². The van der Waals surface area contributed by atoms with Gasteiger partial charge in [-0.15, -0.1) is 11.3 Å². The van der Waals surface area contributed by atoms with Gasteiger partial charge in [-0.25, -0.2) is 4.98 Å². The molecule has 0 spiro atoms. The van der Waals surface area contributed by atoms with Crippen LogP contribution in [0, 0.1) is 5.92 Å². The molecule has 4 rings (SSSR count). The van der Waals surface area contributed by atoms with Gasteiger partial charge in [0, 0.05) is 42.7 Å². The molecule has 3 heterocycles. The molecule has 2 fully saturated rings. The van der Waals surface area contributed by atoms with Crippen molar-refractivity contribution in [2.75, 3.05) is 51.4 Å². The highest BCUT2D eigenvalue weighted by atomic mass is 32.1. The topological polar surface area (TPSA) is 54.9 Å². The van der Waals surface area contributed by atoms with E-state index in [-0.39, 0.29) is 5.91 Å². The molecule has 0 unspecified atom stereocenters. The molecule has 2 aromatic rings. The third kappa shape index (κ3) is 4.00. The molecule has 2 aliphatic rings. The van der Waals surface area contributed by atoms with Gasteiger partial charge in [0.15, 0.2) is 5.13 Å². The zero-order valence-corrected chi connectivity index (χ0v) is 17.3. The van der Waals surface area contributed by atoms with Crippen molar-refractivity contribution in [2.24, 2.45) is 5.92 Å². The van der Waals surface area contributed by atoms with Crippen LogP contribution >= 0.6 is 11.3 Å². The summed E-state index contributed by atoms with van der Waals surface area (Å²) in [4.78, 5) is 22.0. The number of rotatable bonds is 4. The number of aromatic nitrogens is 1. The molecule has 28 heavy (non-hydrogen) atoms. The number of hydrogen-bond donors (Lipinski definition) is 0. The Hall–Kier alpha value is -2.12. The van der Waals surface area contributed by atoms with Crippen LogP contribution in [-0.2, 0) is 4.74 Å². The molecule has 7 heteroatoms. The molecule has 2 saturated heterocycles. The van der Waals surface area contributed by atoms with Crippen molar-refractivity contribution < 1.29 is 14.3 Å². The summed E-state index contributed by atoms with van der Waals surface area (Å²) >= 11 is 1.62. The largest absolute Gasteiger partial charge is 0.496 e. The van der Waals surface area contributed by atoms with Gasteiger partial charge < -0.3 is 19.3 Å². The van der Waals surface area contributed by atoms with Crippen molar-refractivity contribution in [3.63, 3.8) is 0 Å². The molecule has 150 valence electrons. The van der Waals surface area contributed by atoms with Crippen molar-refractivity contribution in [3.05, 3.63) is 29.1 Å². The van der Waals surface area contributed by atoms with E-state index in [4.69, 9.17) is 14.5 Å². The Kier molecular flexibility index (Phi) is 5.82. The van der Waals surface area contributed by atoms with Gasteiger partial charge >= 0.3 is 0 Å². The number of hydrogen-bond acceptors (Lipinski definition) is 6. The first-order valence-corrected chi connectivity index (χ1v) is 10.8. The highest BCUT2D eigenvalue weighted by Gasteiger charge is 2.23. The summed E-state index contributed by atoms with van der Waals surface area (Å²) in [7, 11) is 1.65. The monoisotopic (exact) mass is 401 g/mol. The summed E-state index contributed by atoms with van der Waals surface area (Å²) in [6.07, 6.45) is 2.15. The molecule has 1 aromatic heterocycles. The molecular formula is C21H27N3O3S. The average Bonchev–Trinajstić information content (AvgIpc) is 3.24. The van der Waals surface area contributed by atoms with E-state index in [1.807, 2.05) is 28.5 Å². The van der Waals surface area contributed by atoms with Crippen LogP contribution in [0.3, 0.4) is 0 Å². The fourth-order valence-corrected chi connectivity index (χ4v) is 4.60. The number of piperidine rings is 1. The lowest BCUT2D eigenvalue weighted by molar-refractivity contribution is 0.0697. The van der Waals surface area contributed by atoms with E-state index < -0.39 is 0 Å². The maximum absolute atomic E-state index is 13.0. The number of methoxy groups -OCH3 is 1. The summed E-state index contributed by atoms with van der Waals surface area (Å²) in [6.45, 7) is 7.10. The molecule has 0 bridgehead atoms. The van der Waals surface area contributed by atoms with Gasteiger partial charge in [-0.2, -0.15) is 0 Å². The lowest BCUT2D eigenvalue weighted by Crippen LogP contribution is -2.37. The third-order valence-electron chi connectivity index (χ3n) is 5.57. The number of carbonyl (C=O) groups is 1. The summed E-state index contributed by atoms with van der Waals surface area (Å²) < 4.78 is 11.0. The Bertz CT molecular complexity index is 824. The van der Waals surface area contributed by atoms with Crippen molar-refractivity contribution in [3.8, 4) is 17.0 Å². The first-order valence-electron chi connectivity index (χ1n) is 9.91. The Balaban J connectivity index is 1.59. The zero-order valence-electron chi connectivity index (χ0n) is 16.5. The lowest BCUT2D eigenvalue weighted by atomic mass is 9.98.